The molecule has 1 amide bonds. The number of anilines is 2. The maximum Gasteiger partial charge on any atom is 0.275 e. The third-order valence-corrected chi connectivity index (χ3v) is 3.35. The van der Waals surface area contributed by atoms with E-state index in [9.17, 15) is 4.79 Å². The summed E-state index contributed by atoms with van der Waals surface area (Å²) in [6, 6.07) is 5.99. The van der Waals surface area contributed by atoms with Crippen LogP contribution >= 0.6 is 0 Å². The quantitative estimate of drug-likeness (QED) is 0.881. The summed E-state index contributed by atoms with van der Waals surface area (Å²) in [6.07, 6.45) is 2.86. The van der Waals surface area contributed by atoms with Crippen molar-refractivity contribution in [1.29, 1.82) is 0 Å². The molecule has 0 radical (unpaired) electrons. The lowest BCUT2D eigenvalue weighted by molar-refractivity contribution is 0.102. The number of aryl methyl sites for hydroxylation is 3. The summed E-state index contributed by atoms with van der Waals surface area (Å²) >= 11 is 0. The Bertz CT molecular complexity index is 616. The molecule has 0 aliphatic carbocycles. The van der Waals surface area contributed by atoms with Crippen molar-refractivity contribution >= 4 is 17.5 Å². The predicted molar refractivity (Wildman–Crippen MR) is 79.2 cm³/mol. The fourth-order valence-electron chi connectivity index (χ4n) is 2.53. The highest BCUT2D eigenvalue weighted by atomic mass is 16.1. The highest BCUT2D eigenvalue weighted by Gasteiger charge is 2.16. The molecule has 2 heterocycles. The van der Waals surface area contributed by atoms with Crippen LogP contribution in [0.3, 0.4) is 0 Å². The third-order valence-electron chi connectivity index (χ3n) is 3.35. The Morgan fingerprint density at radius 1 is 1.30 bits per heavy atom. The highest BCUT2D eigenvalue weighted by molar-refractivity contribution is 6.03. The molecule has 5 heteroatoms. The topological polar surface area (TPSA) is 59.0 Å². The van der Waals surface area contributed by atoms with Gasteiger partial charge in [-0.3, -0.25) is 4.79 Å². The molecule has 1 aromatic heterocycles. The number of carbonyl (C=O) groups excluding carboxylic acids is 1. The molecule has 0 saturated heterocycles. The summed E-state index contributed by atoms with van der Waals surface area (Å²) in [5.74, 6) is 0.612. The molecule has 0 saturated carbocycles. The van der Waals surface area contributed by atoms with Gasteiger partial charge in [0.1, 0.15) is 5.69 Å². The van der Waals surface area contributed by atoms with Gasteiger partial charge < -0.3 is 15.2 Å². The first-order valence-electron chi connectivity index (χ1n) is 6.82. The molecule has 0 unspecified atom stereocenters. The largest absolute Gasteiger partial charge is 0.356 e. The van der Waals surface area contributed by atoms with Gasteiger partial charge >= 0.3 is 0 Å². The number of imidazole rings is 1. The molecule has 1 aliphatic heterocycles. The molecule has 2 N–H and O–H groups in total. The third kappa shape index (κ3) is 2.52. The van der Waals surface area contributed by atoms with E-state index in [0.29, 0.717) is 5.69 Å². The molecule has 0 fully saturated rings. The van der Waals surface area contributed by atoms with Crippen LogP contribution in [0.15, 0.2) is 24.4 Å². The second kappa shape index (κ2) is 5.00. The maximum absolute atomic E-state index is 12.2. The predicted octanol–water partition coefficient (Wildman–Crippen LogP) is 2.57. The van der Waals surface area contributed by atoms with E-state index in [1.165, 1.54) is 0 Å². The molecule has 3 rings (SSSR count). The number of hydrogen-bond acceptors (Lipinski definition) is 3. The summed E-state index contributed by atoms with van der Waals surface area (Å²) in [5.41, 5.74) is 3.53. The molecule has 5 nitrogen and oxygen atoms in total. The van der Waals surface area contributed by atoms with Crippen molar-refractivity contribution in [2.24, 2.45) is 0 Å². The molecule has 0 spiro atoms. The molecule has 1 aliphatic rings. The number of aromatic nitrogens is 2. The Morgan fingerprint density at radius 3 is 2.75 bits per heavy atom. The number of rotatable bonds is 2. The second-order valence-corrected chi connectivity index (χ2v) is 5.25. The van der Waals surface area contributed by atoms with Gasteiger partial charge in [-0.2, -0.15) is 0 Å². The van der Waals surface area contributed by atoms with Crippen molar-refractivity contribution in [3.05, 3.63) is 41.2 Å². The van der Waals surface area contributed by atoms with Crippen LogP contribution in [-0.2, 0) is 6.54 Å². The van der Waals surface area contributed by atoms with Gasteiger partial charge in [-0.1, -0.05) is 6.07 Å². The fraction of sp³-hybridized carbons (Fsp3) is 0.333. The van der Waals surface area contributed by atoms with Gasteiger partial charge in [-0.15, -0.1) is 0 Å². The van der Waals surface area contributed by atoms with Crippen LogP contribution in [0.5, 0.6) is 0 Å². The van der Waals surface area contributed by atoms with E-state index >= 15 is 0 Å². The van der Waals surface area contributed by atoms with Crippen molar-refractivity contribution in [2.75, 3.05) is 17.2 Å². The van der Waals surface area contributed by atoms with Gasteiger partial charge in [-0.25, -0.2) is 4.98 Å². The van der Waals surface area contributed by atoms with Crippen LogP contribution in [0, 0.1) is 13.8 Å². The van der Waals surface area contributed by atoms with Crippen LogP contribution in [0.25, 0.3) is 0 Å². The van der Waals surface area contributed by atoms with Gasteiger partial charge in [0.15, 0.2) is 0 Å². The van der Waals surface area contributed by atoms with E-state index < -0.39 is 0 Å². The average molecular weight is 270 g/mol. The minimum atomic E-state index is -0.168. The van der Waals surface area contributed by atoms with Crippen LogP contribution in [0.1, 0.15) is 28.0 Å². The van der Waals surface area contributed by atoms with Crippen LogP contribution < -0.4 is 10.6 Å². The smallest absolute Gasteiger partial charge is 0.275 e. The lowest BCUT2D eigenvalue weighted by atomic mass is 10.1. The number of fused-ring (bicyclic) bond motifs is 1. The number of benzene rings is 1. The molecule has 104 valence electrons. The van der Waals surface area contributed by atoms with E-state index in [1.807, 2.05) is 30.5 Å². The summed E-state index contributed by atoms with van der Waals surface area (Å²) in [6.45, 7) is 5.85. The summed E-state index contributed by atoms with van der Waals surface area (Å²) in [5, 5.41) is 6.10. The van der Waals surface area contributed by atoms with Gasteiger partial charge in [0.05, 0.1) is 0 Å². The first kappa shape index (κ1) is 12.7. The molecule has 2 aromatic rings. The Balaban J connectivity index is 1.80. The Kier molecular flexibility index (Phi) is 3.18. The van der Waals surface area contributed by atoms with Crippen molar-refractivity contribution in [3.8, 4) is 0 Å². The molecule has 20 heavy (non-hydrogen) atoms. The minimum Gasteiger partial charge on any atom is -0.356 e. The Morgan fingerprint density at radius 2 is 2.05 bits per heavy atom. The molecule has 1 aromatic carbocycles. The molecular formula is C15H18N4O. The van der Waals surface area contributed by atoms with Crippen LogP contribution in [0.4, 0.5) is 11.6 Å². The first-order valence-corrected chi connectivity index (χ1v) is 6.82. The van der Waals surface area contributed by atoms with E-state index in [4.69, 9.17) is 0 Å². The summed E-state index contributed by atoms with van der Waals surface area (Å²) < 4.78 is 1.99. The van der Waals surface area contributed by atoms with Crippen molar-refractivity contribution < 1.29 is 4.79 Å². The van der Waals surface area contributed by atoms with Gasteiger partial charge in [0.2, 0.25) is 5.95 Å². The fourth-order valence-corrected chi connectivity index (χ4v) is 2.53. The minimum absolute atomic E-state index is 0.168. The van der Waals surface area contributed by atoms with E-state index in [1.54, 1.807) is 6.20 Å². The zero-order chi connectivity index (χ0) is 14.1. The summed E-state index contributed by atoms with van der Waals surface area (Å²) in [7, 11) is 0. The average Bonchev–Trinajstić information content (AvgIpc) is 2.81. The van der Waals surface area contributed by atoms with Crippen molar-refractivity contribution in [3.63, 3.8) is 0 Å². The molecule has 0 bridgehead atoms. The van der Waals surface area contributed by atoms with Crippen LogP contribution in [-0.4, -0.2) is 22.0 Å². The van der Waals surface area contributed by atoms with Crippen LogP contribution in [0.2, 0.25) is 0 Å². The van der Waals surface area contributed by atoms with Gasteiger partial charge in [0, 0.05) is 25.0 Å². The lowest BCUT2D eigenvalue weighted by Crippen LogP contribution is -2.16. The highest BCUT2D eigenvalue weighted by Crippen LogP contribution is 2.17. The Labute approximate surface area is 118 Å². The Hall–Kier alpha value is -2.30. The van der Waals surface area contributed by atoms with Crippen molar-refractivity contribution in [2.45, 2.75) is 26.8 Å². The zero-order valence-corrected chi connectivity index (χ0v) is 11.7. The first-order chi connectivity index (χ1) is 9.61. The van der Waals surface area contributed by atoms with E-state index in [2.05, 4.69) is 21.7 Å². The van der Waals surface area contributed by atoms with E-state index in [0.717, 1.165) is 42.3 Å². The maximum atomic E-state index is 12.2. The standard InChI is InChI=1S/C15H18N4O/c1-10-6-11(2)8-12(7-10)17-14(20)13-9-19-5-3-4-16-15(19)18-13/h6-9H,3-5H2,1-2H3,(H,16,18)(H,17,20). The van der Waals surface area contributed by atoms with Gasteiger partial charge in [0.25, 0.3) is 5.91 Å². The number of nitrogens with zero attached hydrogens (tertiary/aromatic N) is 2. The zero-order valence-electron chi connectivity index (χ0n) is 11.7. The molecular weight excluding hydrogens is 252 g/mol. The second-order valence-electron chi connectivity index (χ2n) is 5.25. The number of nitrogens with one attached hydrogen (secondary N) is 2. The van der Waals surface area contributed by atoms with E-state index in [-0.39, 0.29) is 5.91 Å². The van der Waals surface area contributed by atoms with Crippen molar-refractivity contribution in [1.82, 2.24) is 9.55 Å². The monoisotopic (exact) mass is 270 g/mol. The lowest BCUT2D eigenvalue weighted by Gasteiger charge is -2.14. The number of amides is 1. The van der Waals surface area contributed by atoms with Gasteiger partial charge in [-0.05, 0) is 43.5 Å². The summed E-state index contributed by atoms with van der Waals surface area (Å²) in [4.78, 5) is 16.6. The number of hydrogen-bond donors (Lipinski definition) is 2. The number of carbonyl (C=O) groups is 1. The SMILES string of the molecule is Cc1cc(C)cc(NC(=O)c2cn3c(n2)NCCC3)c1. The molecule has 0 atom stereocenters. The normalized spacial score (nSPS) is 13.5.